The fourth-order valence-corrected chi connectivity index (χ4v) is 2.92. The van der Waals surface area contributed by atoms with Gasteiger partial charge in [-0.15, -0.1) is 0 Å². The highest BCUT2D eigenvalue weighted by atomic mass is 28.1. The van der Waals surface area contributed by atoms with Crippen LogP contribution in [-0.4, -0.2) is 10.2 Å². The molecule has 0 bridgehead atoms. The van der Waals surface area contributed by atoms with Crippen LogP contribution < -0.4 is 0 Å². The molecule has 0 nitrogen and oxygen atoms in total. The van der Waals surface area contributed by atoms with Crippen molar-refractivity contribution in [3.05, 3.63) is 41.0 Å². The minimum Gasteiger partial charge on any atom is -0.0660 e. The van der Waals surface area contributed by atoms with Gasteiger partial charge in [0.2, 0.25) is 0 Å². The van der Waals surface area contributed by atoms with E-state index in [-0.39, 0.29) is 0 Å². The first-order valence-corrected chi connectivity index (χ1v) is 5.64. The van der Waals surface area contributed by atoms with E-state index in [1.807, 2.05) is 0 Å². The Hall–Kier alpha value is -0.823. The van der Waals surface area contributed by atoms with Gasteiger partial charge in [0.15, 0.2) is 0 Å². The zero-order chi connectivity index (χ0) is 8.72. The van der Waals surface area contributed by atoms with Gasteiger partial charge in [0.05, 0.1) is 0 Å². The number of allylic oxidation sites excluding steroid dienone is 2. The number of hydrogen-bond acceptors (Lipinski definition) is 0. The van der Waals surface area contributed by atoms with Crippen LogP contribution >= 0.6 is 0 Å². The average Bonchev–Trinajstić information content (AvgIpc) is 2.33. The van der Waals surface area contributed by atoms with Crippen molar-refractivity contribution in [3.63, 3.8) is 0 Å². The molecule has 62 valence electrons. The van der Waals surface area contributed by atoms with Crippen molar-refractivity contribution in [3.8, 4) is 0 Å². The second-order valence-electron chi connectivity index (χ2n) is 3.62. The molecule has 2 rings (SSSR count). The third kappa shape index (κ3) is 0.895. The summed E-state index contributed by atoms with van der Waals surface area (Å²) in [5.74, 6) is 0. The van der Waals surface area contributed by atoms with E-state index in [4.69, 9.17) is 0 Å². The molecule has 0 heterocycles. The van der Waals surface area contributed by atoms with Crippen LogP contribution in [-0.2, 0) is 0 Å². The van der Waals surface area contributed by atoms with Gasteiger partial charge in [-0.05, 0) is 36.1 Å². The van der Waals surface area contributed by atoms with Gasteiger partial charge in [-0.3, -0.25) is 0 Å². The Kier molecular flexibility index (Phi) is 1.69. The maximum Gasteiger partial charge on any atom is 0.0175 e. The third-order valence-corrected chi connectivity index (χ3v) is 4.56. The van der Waals surface area contributed by atoms with E-state index in [1.165, 1.54) is 21.4 Å². The van der Waals surface area contributed by atoms with Gasteiger partial charge in [-0.25, -0.2) is 0 Å². The molecule has 1 aliphatic rings. The maximum atomic E-state index is 2.27. The minimum absolute atomic E-state index is 0.765. The maximum absolute atomic E-state index is 2.27. The Balaban J connectivity index is 2.65. The first-order chi connectivity index (χ1) is 5.72. The number of benzene rings is 1. The summed E-state index contributed by atoms with van der Waals surface area (Å²) in [6.07, 6.45) is 0. The largest absolute Gasteiger partial charge is 0.0660 e. The van der Waals surface area contributed by atoms with Gasteiger partial charge >= 0.3 is 0 Å². The van der Waals surface area contributed by atoms with Crippen molar-refractivity contribution in [2.45, 2.75) is 19.4 Å². The third-order valence-electron chi connectivity index (χ3n) is 3.07. The molecular formula is C11H14Si. The van der Waals surface area contributed by atoms with Gasteiger partial charge < -0.3 is 0 Å². The fourth-order valence-electron chi connectivity index (χ4n) is 1.99. The molecule has 1 aromatic rings. The van der Waals surface area contributed by atoms with Crippen LogP contribution in [0.25, 0.3) is 5.57 Å². The van der Waals surface area contributed by atoms with E-state index < -0.39 is 0 Å². The van der Waals surface area contributed by atoms with E-state index in [0.717, 1.165) is 5.54 Å². The van der Waals surface area contributed by atoms with Gasteiger partial charge in [-0.1, -0.05) is 29.8 Å². The Bertz CT molecular complexity index is 350. The Morgan fingerprint density at radius 1 is 1.17 bits per heavy atom. The molecule has 0 radical (unpaired) electrons. The van der Waals surface area contributed by atoms with Crippen LogP contribution in [0.5, 0.6) is 0 Å². The summed E-state index contributed by atoms with van der Waals surface area (Å²) in [5, 5.41) is 0. The van der Waals surface area contributed by atoms with Gasteiger partial charge in [0, 0.05) is 10.2 Å². The molecule has 0 saturated carbocycles. The highest BCUT2D eigenvalue weighted by Gasteiger charge is 2.21. The lowest BCUT2D eigenvalue weighted by atomic mass is 10.1. The minimum atomic E-state index is 0.765. The zero-order valence-electron chi connectivity index (χ0n) is 7.89. The lowest BCUT2D eigenvalue weighted by Crippen LogP contribution is -1.94. The van der Waals surface area contributed by atoms with E-state index in [9.17, 15) is 0 Å². The summed E-state index contributed by atoms with van der Waals surface area (Å²) >= 11 is 0. The summed E-state index contributed by atoms with van der Waals surface area (Å²) in [6.45, 7) is 4.51. The molecule has 0 fully saturated rings. The predicted molar refractivity (Wildman–Crippen MR) is 57.4 cm³/mol. The first-order valence-electron chi connectivity index (χ1n) is 4.48. The quantitative estimate of drug-likeness (QED) is 0.527. The molecular weight excluding hydrogens is 160 g/mol. The van der Waals surface area contributed by atoms with E-state index in [2.05, 4.69) is 38.1 Å². The number of rotatable bonds is 0. The van der Waals surface area contributed by atoms with Crippen LogP contribution in [0.2, 0.25) is 0 Å². The Morgan fingerprint density at radius 2 is 1.83 bits per heavy atom. The van der Waals surface area contributed by atoms with Crippen molar-refractivity contribution in [2.75, 3.05) is 0 Å². The molecule has 0 spiro atoms. The normalized spacial score (nSPS) is 21.7. The summed E-state index contributed by atoms with van der Waals surface area (Å²) < 4.78 is 0. The van der Waals surface area contributed by atoms with E-state index in [1.54, 1.807) is 11.1 Å². The van der Waals surface area contributed by atoms with E-state index >= 15 is 0 Å². The fraction of sp³-hybridized carbons (Fsp3) is 0.273. The summed E-state index contributed by atoms with van der Waals surface area (Å²) in [6, 6.07) is 8.80. The van der Waals surface area contributed by atoms with Crippen molar-refractivity contribution in [1.29, 1.82) is 0 Å². The van der Waals surface area contributed by atoms with Crippen molar-refractivity contribution >= 4 is 15.8 Å². The average molecular weight is 174 g/mol. The first kappa shape index (κ1) is 7.81. The van der Waals surface area contributed by atoms with Gasteiger partial charge in [0.25, 0.3) is 0 Å². The SMILES string of the molecule is CC1=C(C)C([SiH3])c2ccccc21. The Morgan fingerprint density at radius 3 is 2.50 bits per heavy atom. The van der Waals surface area contributed by atoms with Crippen LogP contribution in [0.3, 0.4) is 0 Å². The summed E-state index contributed by atoms with van der Waals surface area (Å²) in [4.78, 5) is 0. The van der Waals surface area contributed by atoms with Crippen LogP contribution in [0.15, 0.2) is 29.8 Å². The second kappa shape index (κ2) is 2.59. The number of fused-ring (bicyclic) bond motifs is 1. The monoisotopic (exact) mass is 174 g/mol. The summed E-state index contributed by atoms with van der Waals surface area (Å²) in [5.41, 5.74) is 6.89. The van der Waals surface area contributed by atoms with Crippen molar-refractivity contribution in [1.82, 2.24) is 0 Å². The zero-order valence-corrected chi connectivity index (χ0v) is 9.89. The standard InChI is InChI=1S/C11H14Si/c1-7-8(2)11(12)10-6-4-3-5-9(7)10/h3-6,11H,1-2,12H3. The molecule has 1 aliphatic carbocycles. The Labute approximate surface area is 76.7 Å². The molecule has 1 heteroatoms. The van der Waals surface area contributed by atoms with Crippen molar-refractivity contribution < 1.29 is 0 Å². The highest BCUT2D eigenvalue weighted by molar-refractivity contribution is 6.17. The second-order valence-corrected chi connectivity index (χ2v) is 4.77. The molecule has 0 amide bonds. The topological polar surface area (TPSA) is 0 Å². The predicted octanol–water partition coefficient (Wildman–Crippen LogP) is 1.90. The van der Waals surface area contributed by atoms with Crippen LogP contribution in [0.1, 0.15) is 30.5 Å². The smallest absolute Gasteiger partial charge is 0.0175 e. The molecule has 0 N–H and O–H groups in total. The lowest BCUT2D eigenvalue weighted by molar-refractivity contribution is 1.14. The molecule has 1 aromatic carbocycles. The van der Waals surface area contributed by atoms with Gasteiger partial charge in [-0.2, -0.15) is 0 Å². The van der Waals surface area contributed by atoms with Crippen LogP contribution in [0, 0.1) is 0 Å². The molecule has 0 saturated heterocycles. The molecule has 0 aromatic heterocycles. The molecule has 12 heavy (non-hydrogen) atoms. The molecule has 0 aliphatic heterocycles. The number of hydrogen-bond donors (Lipinski definition) is 0. The lowest BCUT2D eigenvalue weighted by Gasteiger charge is -2.05. The van der Waals surface area contributed by atoms with Gasteiger partial charge in [0.1, 0.15) is 0 Å². The van der Waals surface area contributed by atoms with Crippen LogP contribution in [0.4, 0.5) is 0 Å². The molecule has 1 unspecified atom stereocenters. The summed E-state index contributed by atoms with van der Waals surface area (Å²) in [7, 11) is 1.24. The van der Waals surface area contributed by atoms with Crippen molar-refractivity contribution in [2.24, 2.45) is 0 Å². The van der Waals surface area contributed by atoms with E-state index in [0.29, 0.717) is 0 Å². The molecule has 1 atom stereocenters. The highest BCUT2D eigenvalue weighted by Crippen LogP contribution is 2.38.